The number of carbonyl (C=O) groups is 1. The number of ether oxygens (including phenoxy) is 4. The van der Waals surface area contributed by atoms with Gasteiger partial charge in [0.25, 0.3) is 0 Å². The molecule has 1 saturated heterocycles. The molecule has 1 unspecified atom stereocenters. The van der Waals surface area contributed by atoms with Crippen molar-refractivity contribution in [3.63, 3.8) is 0 Å². The molecule has 1 spiro atoms. The van der Waals surface area contributed by atoms with Gasteiger partial charge in [-0.1, -0.05) is 20.8 Å². The number of esters is 1. The Morgan fingerprint density at radius 3 is 2.76 bits per heavy atom. The van der Waals surface area contributed by atoms with Gasteiger partial charge in [0.05, 0.1) is 18.6 Å². The molecular weight excluding hydrogens is 422 g/mol. The van der Waals surface area contributed by atoms with E-state index in [1.54, 1.807) is 7.11 Å². The second kappa shape index (κ2) is 8.20. The summed E-state index contributed by atoms with van der Waals surface area (Å²) in [5, 5.41) is 11.2. The first kappa shape index (κ1) is 22.5. The summed E-state index contributed by atoms with van der Waals surface area (Å²) in [5.41, 5.74) is 0.518. The lowest BCUT2D eigenvalue weighted by Crippen LogP contribution is -2.49. The summed E-state index contributed by atoms with van der Waals surface area (Å²) < 4.78 is 23.4. The Bertz CT molecular complexity index is 974. The zero-order valence-electron chi connectivity index (χ0n) is 20.1. The molecule has 0 radical (unpaired) electrons. The molecule has 3 aliphatic heterocycles. The van der Waals surface area contributed by atoms with Crippen molar-refractivity contribution in [1.29, 1.82) is 0 Å². The van der Waals surface area contributed by atoms with Crippen LogP contribution in [0.25, 0.3) is 0 Å². The SMILES string of the molecule is CC[C@](O)(CC(C)C)C(=O)OC1C(OC)=C[C@]23CCCN2CCc2cc4c(cc2[C@H]13)OCO4. The predicted octanol–water partition coefficient (Wildman–Crippen LogP) is 3.53. The Morgan fingerprint density at radius 2 is 2.06 bits per heavy atom. The summed E-state index contributed by atoms with van der Waals surface area (Å²) in [6.45, 7) is 7.96. The van der Waals surface area contributed by atoms with Gasteiger partial charge >= 0.3 is 5.97 Å². The molecule has 0 amide bonds. The van der Waals surface area contributed by atoms with Crippen molar-refractivity contribution in [2.75, 3.05) is 27.0 Å². The van der Waals surface area contributed by atoms with Crippen LogP contribution in [0.15, 0.2) is 24.0 Å². The summed E-state index contributed by atoms with van der Waals surface area (Å²) in [6.07, 6.45) is 5.18. The van der Waals surface area contributed by atoms with Crippen LogP contribution in [0.1, 0.15) is 63.5 Å². The summed E-state index contributed by atoms with van der Waals surface area (Å²) in [4.78, 5) is 15.9. The van der Waals surface area contributed by atoms with E-state index in [-0.39, 0.29) is 24.2 Å². The fourth-order valence-corrected chi connectivity index (χ4v) is 6.37. The van der Waals surface area contributed by atoms with Gasteiger partial charge in [0, 0.05) is 6.54 Å². The molecule has 4 aliphatic rings. The maximum absolute atomic E-state index is 13.4. The lowest BCUT2D eigenvalue weighted by atomic mass is 9.77. The second-order valence-corrected chi connectivity index (χ2v) is 10.3. The van der Waals surface area contributed by atoms with Gasteiger partial charge in [0.1, 0.15) is 5.76 Å². The molecule has 1 aromatic carbocycles. The number of hydrogen-bond donors (Lipinski definition) is 1. The van der Waals surface area contributed by atoms with E-state index in [2.05, 4.69) is 23.1 Å². The number of carbonyl (C=O) groups excluding carboxylic acids is 1. The summed E-state index contributed by atoms with van der Waals surface area (Å²) in [7, 11) is 1.63. The molecule has 33 heavy (non-hydrogen) atoms. The van der Waals surface area contributed by atoms with Crippen LogP contribution in [0.5, 0.6) is 11.5 Å². The quantitative estimate of drug-likeness (QED) is 0.655. The number of fused-ring (bicyclic) bond motifs is 3. The van der Waals surface area contributed by atoms with Crippen LogP contribution >= 0.6 is 0 Å². The van der Waals surface area contributed by atoms with Gasteiger partial charge in [0.15, 0.2) is 23.2 Å². The van der Waals surface area contributed by atoms with Gasteiger partial charge in [-0.05, 0) is 73.9 Å². The first-order valence-corrected chi connectivity index (χ1v) is 12.2. The van der Waals surface area contributed by atoms with Crippen molar-refractivity contribution in [3.05, 3.63) is 35.1 Å². The molecule has 3 heterocycles. The zero-order chi connectivity index (χ0) is 23.4. The van der Waals surface area contributed by atoms with Gasteiger partial charge in [-0.2, -0.15) is 0 Å². The fourth-order valence-electron chi connectivity index (χ4n) is 6.37. The Labute approximate surface area is 195 Å². The zero-order valence-corrected chi connectivity index (χ0v) is 20.1. The molecule has 7 heteroatoms. The van der Waals surface area contributed by atoms with E-state index in [4.69, 9.17) is 18.9 Å². The number of hydrogen-bond acceptors (Lipinski definition) is 7. The highest BCUT2D eigenvalue weighted by Crippen LogP contribution is 2.55. The highest BCUT2D eigenvalue weighted by atomic mass is 16.7. The fraction of sp³-hybridized carbons (Fsp3) is 0.654. The summed E-state index contributed by atoms with van der Waals surface area (Å²) in [5.74, 6) is 1.63. The molecule has 1 aliphatic carbocycles. The molecule has 1 N–H and O–H groups in total. The minimum atomic E-state index is -1.51. The first-order chi connectivity index (χ1) is 15.8. The average molecular weight is 458 g/mol. The molecule has 4 atom stereocenters. The molecule has 180 valence electrons. The molecule has 7 nitrogen and oxygen atoms in total. The summed E-state index contributed by atoms with van der Waals surface area (Å²) in [6, 6.07) is 4.15. The highest BCUT2D eigenvalue weighted by molar-refractivity contribution is 5.80. The topological polar surface area (TPSA) is 77.5 Å². The van der Waals surface area contributed by atoms with Crippen molar-refractivity contribution >= 4 is 5.97 Å². The van der Waals surface area contributed by atoms with Gasteiger partial charge in [0.2, 0.25) is 6.79 Å². The number of rotatable bonds is 6. The normalized spacial score (nSPS) is 29.6. The monoisotopic (exact) mass is 457 g/mol. The predicted molar refractivity (Wildman–Crippen MR) is 122 cm³/mol. The van der Waals surface area contributed by atoms with Crippen molar-refractivity contribution in [3.8, 4) is 11.5 Å². The van der Waals surface area contributed by atoms with Gasteiger partial charge in [-0.25, -0.2) is 4.79 Å². The maximum Gasteiger partial charge on any atom is 0.338 e. The lowest BCUT2D eigenvalue weighted by molar-refractivity contribution is -0.174. The van der Waals surface area contributed by atoms with Crippen LogP contribution < -0.4 is 9.47 Å². The summed E-state index contributed by atoms with van der Waals surface area (Å²) >= 11 is 0. The number of aliphatic hydroxyl groups is 1. The van der Waals surface area contributed by atoms with Crippen molar-refractivity contribution in [1.82, 2.24) is 4.90 Å². The minimum Gasteiger partial charge on any atom is -0.497 e. The third kappa shape index (κ3) is 3.51. The molecule has 0 bridgehead atoms. The maximum atomic E-state index is 13.4. The van der Waals surface area contributed by atoms with Crippen LogP contribution in [-0.2, 0) is 20.7 Å². The highest BCUT2D eigenvalue weighted by Gasteiger charge is 2.58. The third-order valence-corrected chi connectivity index (χ3v) is 7.91. The Morgan fingerprint density at radius 1 is 1.30 bits per heavy atom. The van der Waals surface area contributed by atoms with Crippen LogP contribution in [0.2, 0.25) is 0 Å². The van der Waals surface area contributed by atoms with E-state index < -0.39 is 17.7 Å². The molecule has 5 rings (SSSR count). The Hall–Kier alpha value is -2.25. The van der Waals surface area contributed by atoms with E-state index in [1.807, 2.05) is 20.8 Å². The molecular formula is C26H35NO6. The van der Waals surface area contributed by atoms with Gasteiger partial charge in [-0.3, -0.25) is 4.90 Å². The van der Waals surface area contributed by atoms with Crippen LogP contribution in [-0.4, -0.2) is 60.2 Å². The third-order valence-electron chi connectivity index (χ3n) is 7.91. The largest absolute Gasteiger partial charge is 0.497 e. The van der Waals surface area contributed by atoms with E-state index in [0.717, 1.165) is 49.4 Å². The second-order valence-electron chi connectivity index (χ2n) is 10.3. The molecule has 0 aromatic heterocycles. The minimum absolute atomic E-state index is 0.133. The molecule has 0 saturated carbocycles. The smallest absolute Gasteiger partial charge is 0.338 e. The average Bonchev–Trinajstić information content (AvgIpc) is 3.47. The molecule has 1 aromatic rings. The van der Waals surface area contributed by atoms with E-state index in [1.165, 1.54) is 5.56 Å². The number of benzene rings is 1. The number of nitrogens with zero attached hydrogens (tertiary/aromatic N) is 1. The van der Waals surface area contributed by atoms with Crippen LogP contribution in [0.4, 0.5) is 0 Å². The lowest BCUT2D eigenvalue weighted by Gasteiger charge is -2.39. The standard InChI is InChI=1S/C26H35NO6/c1-5-26(29,13-16(2)3)24(28)33-23-21(30-4)14-25-8-6-9-27(25)10-7-17-11-19-20(32-15-31-19)12-18(17)22(23)25/h11-12,14,16,22-23,29H,5-10,13,15H2,1-4H3/t22-,23?,25+,26+/m1/s1. The molecule has 1 fully saturated rings. The van der Waals surface area contributed by atoms with Crippen molar-refractivity contribution in [2.24, 2.45) is 5.92 Å². The Kier molecular flexibility index (Phi) is 5.60. The van der Waals surface area contributed by atoms with E-state index >= 15 is 0 Å². The number of methoxy groups -OCH3 is 1. The van der Waals surface area contributed by atoms with Crippen LogP contribution in [0.3, 0.4) is 0 Å². The Balaban J connectivity index is 1.58. The van der Waals surface area contributed by atoms with Crippen molar-refractivity contribution in [2.45, 2.75) is 76.0 Å². The van der Waals surface area contributed by atoms with E-state index in [0.29, 0.717) is 18.6 Å². The van der Waals surface area contributed by atoms with Gasteiger partial charge < -0.3 is 24.1 Å². The van der Waals surface area contributed by atoms with Gasteiger partial charge in [-0.15, -0.1) is 0 Å². The first-order valence-electron chi connectivity index (χ1n) is 12.2. The van der Waals surface area contributed by atoms with Crippen LogP contribution in [0, 0.1) is 5.92 Å². The van der Waals surface area contributed by atoms with E-state index in [9.17, 15) is 9.90 Å². The van der Waals surface area contributed by atoms with Crippen molar-refractivity contribution < 1.29 is 28.8 Å².